The van der Waals surface area contributed by atoms with E-state index in [0.29, 0.717) is 0 Å². The number of hydrogen-bond donors (Lipinski definition) is 0. The lowest BCUT2D eigenvalue weighted by molar-refractivity contribution is 0.413. The number of hydrogen-bond acceptors (Lipinski definition) is 3. The van der Waals surface area contributed by atoms with Crippen LogP contribution in [0.5, 0.6) is 5.75 Å². The molecule has 0 radical (unpaired) electrons. The second kappa shape index (κ2) is 5.75. The average molecular weight is 315 g/mol. The molecule has 0 spiro atoms. The van der Waals surface area contributed by atoms with E-state index in [0.717, 1.165) is 11.5 Å². The minimum Gasteiger partial charge on any atom is -0.497 e. The fourth-order valence-corrected chi connectivity index (χ4v) is 3.73. The zero-order chi connectivity index (χ0) is 11.4. The summed E-state index contributed by atoms with van der Waals surface area (Å²) in [6.07, 6.45) is 0. The van der Waals surface area contributed by atoms with Crippen LogP contribution in [0, 0.1) is 0 Å². The van der Waals surface area contributed by atoms with E-state index in [1.165, 1.54) is 14.2 Å². The molecule has 2 rings (SSSR count). The minimum absolute atomic E-state index is 0.914. The fraction of sp³-hybridized carbons (Fsp3) is 0.167. The fourth-order valence-electron chi connectivity index (χ4n) is 1.27. The van der Waals surface area contributed by atoms with Crippen LogP contribution < -0.4 is 4.74 Å². The molecule has 1 nitrogen and oxygen atoms in total. The van der Waals surface area contributed by atoms with Crippen molar-refractivity contribution in [2.24, 2.45) is 0 Å². The Kier molecular flexibility index (Phi) is 4.32. The van der Waals surface area contributed by atoms with Crippen molar-refractivity contribution in [1.29, 1.82) is 0 Å². The summed E-state index contributed by atoms with van der Waals surface area (Å²) in [6.45, 7) is 0. The number of thioether (sulfide) groups is 1. The van der Waals surface area contributed by atoms with Gasteiger partial charge in [0.05, 0.1) is 7.11 Å². The molecule has 0 fully saturated rings. The number of rotatable bonds is 4. The summed E-state index contributed by atoms with van der Waals surface area (Å²) in [4.78, 5) is 2.61. The van der Waals surface area contributed by atoms with E-state index in [1.807, 2.05) is 23.9 Å². The molecule has 0 saturated heterocycles. The number of thiophene rings is 1. The van der Waals surface area contributed by atoms with Crippen molar-refractivity contribution in [3.05, 3.63) is 45.1 Å². The lowest BCUT2D eigenvalue weighted by atomic mass is 10.3. The molecule has 0 bridgehead atoms. The molecule has 0 saturated carbocycles. The normalized spacial score (nSPS) is 10.4. The van der Waals surface area contributed by atoms with Crippen molar-refractivity contribution in [2.75, 3.05) is 7.11 Å². The number of methoxy groups -OCH3 is 1. The highest BCUT2D eigenvalue weighted by molar-refractivity contribution is 9.10. The van der Waals surface area contributed by atoms with Gasteiger partial charge in [-0.05, 0) is 40.2 Å². The molecule has 16 heavy (non-hydrogen) atoms. The van der Waals surface area contributed by atoms with Gasteiger partial charge in [-0.1, -0.05) is 6.07 Å². The summed E-state index contributed by atoms with van der Waals surface area (Å²) < 4.78 is 6.36. The molecule has 2 aromatic rings. The Hall–Kier alpha value is -0.450. The first kappa shape index (κ1) is 12.0. The third kappa shape index (κ3) is 3.27. The molecule has 1 heterocycles. The summed E-state index contributed by atoms with van der Waals surface area (Å²) >= 11 is 7.07. The third-order valence-electron chi connectivity index (χ3n) is 2.04. The van der Waals surface area contributed by atoms with E-state index in [2.05, 4.69) is 39.5 Å². The van der Waals surface area contributed by atoms with Crippen LogP contribution >= 0.6 is 39.0 Å². The van der Waals surface area contributed by atoms with Crippen molar-refractivity contribution in [3.8, 4) is 5.75 Å². The van der Waals surface area contributed by atoms with Gasteiger partial charge in [-0.25, -0.2) is 0 Å². The zero-order valence-corrected chi connectivity index (χ0v) is 12.0. The Bertz CT molecular complexity index is 468. The van der Waals surface area contributed by atoms with Gasteiger partial charge in [0.25, 0.3) is 0 Å². The maximum atomic E-state index is 5.19. The first-order valence-corrected chi connectivity index (χ1v) is 7.43. The first-order chi connectivity index (χ1) is 7.78. The summed E-state index contributed by atoms with van der Waals surface area (Å²) in [5, 5.41) is 2.11. The van der Waals surface area contributed by atoms with Crippen LogP contribution in [0.25, 0.3) is 0 Å². The quantitative estimate of drug-likeness (QED) is 0.749. The van der Waals surface area contributed by atoms with E-state index in [4.69, 9.17) is 4.74 Å². The predicted molar refractivity (Wildman–Crippen MR) is 74.6 cm³/mol. The van der Waals surface area contributed by atoms with E-state index in [9.17, 15) is 0 Å². The maximum Gasteiger partial charge on any atom is 0.119 e. The average Bonchev–Trinajstić information content (AvgIpc) is 2.73. The van der Waals surface area contributed by atoms with Gasteiger partial charge in [0.1, 0.15) is 5.75 Å². The molecule has 1 aromatic heterocycles. The van der Waals surface area contributed by atoms with Crippen LogP contribution in [-0.2, 0) is 5.75 Å². The Morgan fingerprint density at radius 2 is 2.25 bits per heavy atom. The molecule has 1 aromatic carbocycles. The van der Waals surface area contributed by atoms with Crippen molar-refractivity contribution in [1.82, 2.24) is 0 Å². The molecular formula is C12H11BrOS2. The van der Waals surface area contributed by atoms with Crippen LogP contribution in [0.1, 0.15) is 4.88 Å². The molecular weight excluding hydrogens is 304 g/mol. The Morgan fingerprint density at radius 1 is 1.38 bits per heavy atom. The zero-order valence-electron chi connectivity index (χ0n) is 8.77. The smallest absolute Gasteiger partial charge is 0.119 e. The van der Waals surface area contributed by atoms with Crippen molar-refractivity contribution in [3.63, 3.8) is 0 Å². The number of ether oxygens (including phenoxy) is 1. The Morgan fingerprint density at radius 3 is 2.94 bits per heavy atom. The summed E-state index contributed by atoms with van der Waals surface area (Å²) in [5.41, 5.74) is 0. The van der Waals surface area contributed by atoms with Crippen molar-refractivity contribution < 1.29 is 4.74 Å². The molecule has 0 aliphatic carbocycles. The van der Waals surface area contributed by atoms with Gasteiger partial charge in [-0.2, -0.15) is 0 Å². The number of benzene rings is 1. The maximum absolute atomic E-state index is 5.19. The highest BCUT2D eigenvalue weighted by atomic mass is 79.9. The van der Waals surface area contributed by atoms with Crippen LogP contribution in [-0.4, -0.2) is 7.11 Å². The topological polar surface area (TPSA) is 9.23 Å². The SMILES string of the molecule is COc1cccc(SCc2cc(Br)cs2)c1. The second-order valence-electron chi connectivity index (χ2n) is 3.20. The largest absolute Gasteiger partial charge is 0.497 e. The Balaban J connectivity index is 1.99. The molecule has 0 N–H and O–H groups in total. The molecule has 0 atom stereocenters. The predicted octanol–water partition coefficient (Wildman–Crippen LogP) is 4.81. The van der Waals surface area contributed by atoms with Gasteiger partial charge in [0.2, 0.25) is 0 Å². The van der Waals surface area contributed by atoms with Crippen LogP contribution in [0.3, 0.4) is 0 Å². The minimum atomic E-state index is 0.914. The summed E-state index contributed by atoms with van der Waals surface area (Å²) in [6, 6.07) is 10.3. The van der Waals surface area contributed by atoms with Gasteiger partial charge < -0.3 is 4.74 Å². The third-order valence-corrected chi connectivity index (χ3v) is 4.97. The highest BCUT2D eigenvalue weighted by Crippen LogP contribution is 2.29. The van der Waals surface area contributed by atoms with E-state index in [-0.39, 0.29) is 0 Å². The summed E-state index contributed by atoms with van der Waals surface area (Å²) in [5.74, 6) is 1.92. The molecule has 0 amide bonds. The van der Waals surface area contributed by atoms with E-state index in [1.54, 1.807) is 18.4 Å². The van der Waals surface area contributed by atoms with Gasteiger partial charge in [-0.3, -0.25) is 0 Å². The van der Waals surface area contributed by atoms with E-state index < -0.39 is 0 Å². The lowest BCUT2D eigenvalue weighted by Gasteiger charge is -2.03. The highest BCUT2D eigenvalue weighted by Gasteiger charge is 2.00. The standard InChI is InChI=1S/C12H11BrOS2/c1-14-10-3-2-4-11(6-10)16-8-12-5-9(13)7-15-12/h2-7H,8H2,1H3. The van der Waals surface area contributed by atoms with E-state index >= 15 is 0 Å². The van der Waals surface area contributed by atoms with Crippen LogP contribution in [0.15, 0.2) is 45.1 Å². The van der Waals surface area contributed by atoms with Gasteiger partial charge in [-0.15, -0.1) is 23.1 Å². The van der Waals surface area contributed by atoms with Gasteiger partial charge in [0, 0.05) is 25.4 Å². The first-order valence-electron chi connectivity index (χ1n) is 4.77. The Labute approximate surface area is 112 Å². The number of halogens is 1. The molecule has 0 unspecified atom stereocenters. The van der Waals surface area contributed by atoms with Crippen molar-refractivity contribution >= 4 is 39.0 Å². The van der Waals surface area contributed by atoms with Crippen LogP contribution in [0.4, 0.5) is 0 Å². The monoisotopic (exact) mass is 314 g/mol. The molecule has 84 valence electrons. The van der Waals surface area contributed by atoms with Gasteiger partial charge >= 0.3 is 0 Å². The summed E-state index contributed by atoms with van der Waals surface area (Å²) in [7, 11) is 1.69. The van der Waals surface area contributed by atoms with Gasteiger partial charge in [0.15, 0.2) is 0 Å². The second-order valence-corrected chi connectivity index (χ2v) is 6.16. The molecule has 0 aliphatic rings. The lowest BCUT2D eigenvalue weighted by Crippen LogP contribution is -1.82. The molecule has 4 heteroatoms. The van der Waals surface area contributed by atoms with Crippen LogP contribution in [0.2, 0.25) is 0 Å². The van der Waals surface area contributed by atoms with Crippen molar-refractivity contribution in [2.45, 2.75) is 10.6 Å². The molecule has 0 aliphatic heterocycles.